The monoisotopic (exact) mass is 380 g/mol. The van der Waals surface area contributed by atoms with Crippen molar-refractivity contribution in [1.82, 2.24) is 0 Å². The van der Waals surface area contributed by atoms with E-state index < -0.39 is 0 Å². The number of halogens is 1. The van der Waals surface area contributed by atoms with E-state index >= 15 is 0 Å². The fraction of sp³-hybridized carbons (Fsp3) is 0.318. The van der Waals surface area contributed by atoms with Gasteiger partial charge in [-0.2, -0.15) is 0 Å². The molecule has 0 bridgehead atoms. The van der Waals surface area contributed by atoms with Gasteiger partial charge in [-0.15, -0.1) is 0 Å². The van der Waals surface area contributed by atoms with Gasteiger partial charge in [0.05, 0.1) is 17.5 Å². The molecular formula is C22H21FN2O3. The van der Waals surface area contributed by atoms with Crippen molar-refractivity contribution >= 4 is 29.1 Å². The molecule has 2 aromatic rings. The maximum atomic E-state index is 13.0. The number of nitrogens with zero attached hydrogens (tertiary/aromatic N) is 1. The smallest absolute Gasteiger partial charge is 0.255 e. The first-order valence-corrected chi connectivity index (χ1v) is 9.49. The molecule has 144 valence electrons. The highest BCUT2D eigenvalue weighted by molar-refractivity contribution is 6.22. The lowest BCUT2D eigenvalue weighted by molar-refractivity contribution is -0.122. The number of hydrogen-bond donors (Lipinski definition) is 1. The molecule has 28 heavy (non-hydrogen) atoms. The van der Waals surface area contributed by atoms with Crippen LogP contribution in [-0.4, -0.2) is 17.7 Å². The summed E-state index contributed by atoms with van der Waals surface area (Å²) in [6.07, 6.45) is 2.48. The molecule has 3 atom stereocenters. The molecule has 0 unspecified atom stereocenters. The molecule has 3 amide bonds. The Balaban J connectivity index is 1.50. The first-order chi connectivity index (χ1) is 13.4. The molecule has 1 N–H and O–H groups in total. The molecule has 4 rings (SSSR count). The van der Waals surface area contributed by atoms with Crippen LogP contribution in [0.4, 0.5) is 15.8 Å². The van der Waals surface area contributed by atoms with E-state index in [1.807, 2.05) is 0 Å². The van der Waals surface area contributed by atoms with Gasteiger partial charge in [0.1, 0.15) is 5.82 Å². The van der Waals surface area contributed by atoms with Crippen molar-refractivity contribution in [2.24, 2.45) is 17.8 Å². The molecule has 2 fully saturated rings. The highest BCUT2D eigenvalue weighted by Crippen LogP contribution is 2.42. The largest absolute Gasteiger partial charge is 0.322 e. The summed E-state index contributed by atoms with van der Waals surface area (Å²) < 4.78 is 13.0. The van der Waals surface area contributed by atoms with Crippen molar-refractivity contribution in [3.05, 3.63) is 59.9 Å². The van der Waals surface area contributed by atoms with Crippen molar-refractivity contribution in [2.75, 3.05) is 10.2 Å². The van der Waals surface area contributed by atoms with Crippen LogP contribution in [0.25, 0.3) is 0 Å². The molecule has 6 heteroatoms. The van der Waals surface area contributed by atoms with Crippen LogP contribution >= 0.6 is 0 Å². The Kier molecular flexibility index (Phi) is 4.71. The van der Waals surface area contributed by atoms with Crippen molar-refractivity contribution in [1.29, 1.82) is 0 Å². The minimum atomic E-state index is -0.378. The second-order valence-electron chi connectivity index (χ2n) is 7.65. The zero-order valence-electron chi connectivity index (χ0n) is 15.5. The zero-order chi connectivity index (χ0) is 19.8. The van der Waals surface area contributed by atoms with E-state index in [9.17, 15) is 18.8 Å². The summed E-state index contributed by atoms with van der Waals surface area (Å²) in [6, 6.07) is 11.9. The Labute approximate surface area is 162 Å². The van der Waals surface area contributed by atoms with Crippen LogP contribution < -0.4 is 10.2 Å². The number of carbonyl (C=O) groups is 3. The number of benzene rings is 2. The SMILES string of the molecule is C[C@@H]1CC[C@@H]2C(=O)N(c3ccc(C(=O)Nc4ccc(F)cc4)cc3)C(=O)[C@@H]2C1. The highest BCUT2D eigenvalue weighted by Gasteiger charge is 2.49. The lowest BCUT2D eigenvalue weighted by atomic mass is 9.76. The number of imide groups is 1. The van der Waals surface area contributed by atoms with E-state index in [0.29, 0.717) is 22.9 Å². The van der Waals surface area contributed by atoms with Crippen LogP contribution in [0.2, 0.25) is 0 Å². The summed E-state index contributed by atoms with van der Waals surface area (Å²) in [4.78, 5) is 39.1. The van der Waals surface area contributed by atoms with Crippen molar-refractivity contribution in [2.45, 2.75) is 26.2 Å². The molecule has 5 nitrogen and oxygen atoms in total. The molecule has 1 saturated carbocycles. The van der Waals surface area contributed by atoms with Crippen LogP contribution in [0.5, 0.6) is 0 Å². The van der Waals surface area contributed by atoms with Crippen molar-refractivity contribution in [3.63, 3.8) is 0 Å². The number of fused-ring (bicyclic) bond motifs is 1. The lowest BCUT2D eigenvalue weighted by Crippen LogP contribution is -2.30. The second kappa shape index (κ2) is 7.19. The quantitative estimate of drug-likeness (QED) is 0.819. The summed E-state index contributed by atoms with van der Waals surface area (Å²) >= 11 is 0. The van der Waals surface area contributed by atoms with Crippen LogP contribution in [0.15, 0.2) is 48.5 Å². The van der Waals surface area contributed by atoms with E-state index in [1.54, 1.807) is 24.3 Å². The minimum Gasteiger partial charge on any atom is -0.322 e. The summed E-state index contributed by atoms with van der Waals surface area (Å²) in [5, 5.41) is 2.68. The number of nitrogens with one attached hydrogen (secondary N) is 1. The first-order valence-electron chi connectivity index (χ1n) is 9.49. The van der Waals surface area contributed by atoms with Gasteiger partial charge in [0, 0.05) is 11.3 Å². The van der Waals surface area contributed by atoms with E-state index in [1.165, 1.54) is 29.2 Å². The van der Waals surface area contributed by atoms with Gasteiger partial charge in [0.25, 0.3) is 5.91 Å². The van der Waals surface area contributed by atoms with E-state index in [0.717, 1.165) is 19.3 Å². The Hall–Kier alpha value is -3.02. The lowest BCUT2D eigenvalue weighted by Gasteiger charge is -2.25. The van der Waals surface area contributed by atoms with Gasteiger partial charge >= 0.3 is 0 Å². The predicted molar refractivity (Wildman–Crippen MR) is 103 cm³/mol. The van der Waals surface area contributed by atoms with Gasteiger partial charge in [0.15, 0.2) is 0 Å². The maximum absolute atomic E-state index is 13.0. The first kappa shape index (κ1) is 18.3. The molecule has 1 aliphatic heterocycles. The normalized spacial score (nSPS) is 24.2. The third-order valence-electron chi connectivity index (χ3n) is 5.68. The average Bonchev–Trinajstić information content (AvgIpc) is 2.93. The van der Waals surface area contributed by atoms with Crippen molar-refractivity contribution in [3.8, 4) is 0 Å². The summed E-state index contributed by atoms with van der Waals surface area (Å²) in [6.45, 7) is 2.12. The Morgan fingerprint density at radius 1 is 0.964 bits per heavy atom. The fourth-order valence-corrected chi connectivity index (χ4v) is 4.14. The van der Waals surface area contributed by atoms with Crippen LogP contribution in [0, 0.1) is 23.6 Å². The minimum absolute atomic E-state index is 0.134. The highest BCUT2D eigenvalue weighted by atomic mass is 19.1. The van der Waals surface area contributed by atoms with Gasteiger partial charge in [-0.25, -0.2) is 4.39 Å². The third kappa shape index (κ3) is 3.30. The molecule has 0 aromatic heterocycles. The Morgan fingerprint density at radius 3 is 2.29 bits per heavy atom. The van der Waals surface area contributed by atoms with E-state index in [-0.39, 0.29) is 35.4 Å². The maximum Gasteiger partial charge on any atom is 0.255 e. The third-order valence-corrected chi connectivity index (χ3v) is 5.68. The molecule has 1 aliphatic carbocycles. The number of carbonyl (C=O) groups excluding carboxylic acids is 3. The number of hydrogen-bond acceptors (Lipinski definition) is 3. The van der Waals surface area contributed by atoms with Gasteiger partial charge in [-0.1, -0.05) is 6.92 Å². The van der Waals surface area contributed by atoms with Gasteiger partial charge in [-0.05, 0) is 73.7 Å². The van der Waals surface area contributed by atoms with Crippen LogP contribution in [-0.2, 0) is 9.59 Å². The summed E-state index contributed by atoms with van der Waals surface area (Å²) in [5.74, 6) is -0.981. The number of rotatable bonds is 3. The molecule has 2 aliphatic rings. The Bertz CT molecular complexity index is 924. The molecule has 1 heterocycles. The standard InChI is InChI=1S/C22H21FN2O3/c1-13-2-11-18-19(12-13)22(28)25(21(18)27)17-9-3-14(4-10-17)20(26)24-16-7-5-15(23)6-8-16/h3-10,13,18-19H,2,11-12H2,1H3,(H,24,26)/t13-,18+,19-/m1/s1. The molecule has 2 aromatic carbocycles. The van der Waals surface area contributed by atoms with E-state index in [2.05, 4.69) is 12.2 Å². The summed E-state index contributed by atoms with van der Waals surface area (Å²) in [5.41, 5.74) is 1.37. The van der Waals surface area contributed by atoms with Gasteiger partial charge in [0.2, 0.25) is 11.8 Å². The fourth-order valence-electron chi connectivity index (χ4n) is 4.14. The zero-order valence-corrected chi connectivity index (χ0v) is 15.5. The van der Waals surface area contributed by atoms with Gasteiger partial charge in [-0.3, -0.25) is 19.3 Å². The molecule has 1 saturated heterocycles. The van der Waals surface area contributed by atoms with Gasteiger partial charge < -0.3 is 5.32 Å². The van der Waals surface area contributed by atoms with Crippen LogP contribution in [0.3, 0.4) is 0 Å². The van der Waals surface area contributed by atoms with Crippen molar-refractivity contribution < 1.29 is 18.8 Å². The predicted octanol–water partition coefficient (Wildman–Crippen LogP) is 4.00. The topological polar surface area (TPSA) is 66.5 Å². The molecule has 0 spiro atoms. The average molecular weight is 380 g/mol. The molecular weight excluding hydrogens is 359 g/mol. The number of amides is 3. The number of anilines is 2. The summed E-state index contributed by atoms with van der Waals surface area (Å²) in [7, 11) is 0. The Morgan fingerprint density at radius 2 is 1.61 bits per heavy atom. The second-order valence-corrected chi connectivity index (χ2v) is 7.65. The van der Waals surface area contributed by atoms with Crippen LogP contribution in [0.1, 0.15) is 36.5 Å². The molecule has 0 radical (unpaired) electrons. The van der Waals surface area contributed by atoms with E-state index in [4.69, 9.17) is 0 Å².